The van der Waals surface area contributed by atoms with Gasteiger partial charge in [0.05, 0.1) is 18.8 Å². The van der Waals surface area contributed by atoms with Gasteiger partial charge in [-0.2, -0.15) is 0 Å². The van der Waals surface area contributed by atoms with Gasteiger partial charge in [-0.05, 0) is 19.1 Å². The van der Waals surface area contributed by atoms with Crippen molar-refractivity contribution in [3.63, 3.8) is 0 Å². The lowest BCUT2D eigenvalue weighted by atomic mass is 10.1. The summed E-state index contributed by atoms with van der Waals surface area (Å²) in [5, 5.41) is 0. The average molecular weight is 307 g/mol. The number of hydrogen-bond donors (Lipinski definition) is 0. The molecule has 1 saturated heterocycles. The molecule has 0 N–H and O–H groups in total. The van der Waals surface area contributed by atoms with Crippen LogP contribution in [0.3, 0.4) is 0 Å². The molecule has 0 spiro atoms. The second kappa shape index (κ2) is 9.95. The normalized spacial score (nSPS) is 13.9. The average Bonchev–Trinajstić information content (AvgIpc) is 2.54. The minimum absolute atomic E-state index is 0.177. The van der Waals surface area contributed by atoms with Crippen molar-refractivity contribution in [1.29, 1.82) is 0 Å². The van der Waals surface area contributed by atoms with Gasteiger partial charge in [0, 0.05) is 13.1 Å². The molecule has 1 aliphatic heterocycles. The topological polar surface area (TPSA) is 55.8 Å². The summed E-state index contributed by atoms with van der Waals surface area (Å²) in [6, 6.07) is 7.05. The monoisotopic (exact) mass is 307 g/mol. The van der Waals surface area contributed by atoms with Gasteiger partial charge in [0.25, 0.3) is 5.91 Å². The van der Waals surface area contributed by atoms with E-state index < -0.39 is 5.97 Å². The van der Waals surface area contributed by atoms with Crippen LogP contribution in [0.2, 0.25) is 0 Å². The Hall–Kier alpha value is -1.88. The van der Waals surface area contributed by atoms with E-state index in [2.05, 4.69) is 13.8 Å². The molecule has 2 rings (SSSR count). The Labute approximate surface area is 132 Å². The van der Waals surface area contributed by atoms with Crippen molar-refractivity contribution in [2.24, 2.45) is 0 Å². The lowest BCUT2D eigenvalue weighted by Gasteiger charge is -2.26. The summed E-state index contributed by atoms with van der Waals surface area (Å²) < 4.78 is 10.2. The number of morpholine rings is 1. The molecule has 1 aromatic carbocycles. The van der Waals surface area contributed by atoms with Crippen LogP contribution in [0.5, 0.6) is 0 Å². The molecule has 5 nitrogen and oxygen atoms in total. The van der Waals surface area contributed by atoms with Crippen molar-refractivity contribution >= 4 is 11.9 Å². The Morgan fingerprint density at radius 3 is 2.23 bits per heavy atom. The minimum atomic E-state index is -0.471. The smallest absolute Gasteiger partial charge is 0.338 e. The summed E-state index contributed by atoms with van der Waals surface area (Å²) in [5.74, 6) is -0.648. The highest BCUT2D eigenvalue weighted by Gasteiger charge is 2.18. The number of aryl methyl sites for hydroxylation is 1. The van der Waals surface area contributed by atoms with Crippen LogP contribution in [0.25, 0.3) is 0 Å². The molecular formula is C17H25NO4. The molecule has 1 heterocycles. The lowest BCUT2D eigenvalue weighted by molar-refractivity contribution is -0.138. The summed E-state index contributed by atoms with van der Waals surface area (Å²) in [6.45, 7) is 8.17. The van der Waals surface area contributed by atoms with E-state index in [1.165, 1.54) is 6.42 Å². The Bertz CT molecular complexity index is 464. The van der Waals surface area contributed by atoms with E-state index >= 15 is 0 Å². The summed E-state index contributed by atoms with van der Waals surface area (Å²) >= 11 is 0. The van der Waals surface area contributed by atoms with Crippen LogP contribution in [0.1, 0.15) is 36.2 Å². The van der Waals surface area contributed by atoms with Crippen molar-refractivity contribution in [3.05, 3.63) is 35.4 Å². The molecule has 0 atom stereocenters. The van der Waals surface area contributed by atoms with Crippen LogP contribution < -0.4 is 0 Å². The van der Waals surface area contributed by atoms with Crippen molar-refractivity contribution in [3.8, 4) is 0 Å². The fourth-order valence-electron chi connectivity index (χ4n) is 1.80. The fraction of sp³-hybridized carbons (Fsp3) is 0.529. The molecule has 0 radical (unpaired) electrons. The Morgan fingerprint density at radius 1 is 1.14 bits per heavy atom. The van der Waals surface area contributed by atoms with Crippen molar-refractivity contribution in [1.82, 2.24) is 4.90 Å². The van der Waals surface area contributed by atoms with E-state index in [0.717, 1.165) is 5.56 Å². The first-order chi connectivity index (χ1) is 10.6. The number of carbonyl (C=O) groups excluding carboxylic acids is 2. The van der Waals surface area contributed by atoms with E-state index in [4.69, 9.17) is 9.47 Å². The Balaban J connectivity index is 0.000000745. The minimum Gasteiger partial charge on any atom is -0.452 e. The summed E-state index contributed by atoms with van der Waals surface area (Å²) in [5.41, 5.74) is 1.53. The number of nitrogens with zero attached hydrogens (tertiary/aromatic N) is 1. The predicted molar refractivity (Wildman–Crippen MR) is 84.8 cm³/mol. The van der Waals surface area contributed by atoms with Gasteiger partial charge in [0.2, 0.25) is 0 Å². The van der Waals surface area contributed by atoms with E-state index in [1.807, 2.05) is 19.1 Å². The van der Waals surface area contributed by atoms with Crippen molar-refractivity contribution in [2.75, 3.05) is 32.9 Å². The SMILES string of the molecule is CCC.Cc1ccc(C(=O)OCC(=O)N2CCOCC2)cc1. The van der Waals surface area contributed by atoms with Crippen LogP contribution in [-0.2, 0) is 14.3 Å². The number of hydrogen-bond acceptors (Lipinski definition) is 4. The number of esters is 1. The highest BCUT2D eigenvalue weighted by atomic mass is 16.5. The van der Waals surface area contributed by atoms with E-state index in [0.29, 0.717) is 31.9 Å². The number of rotatable bonds is 3. The summed E-state index contributed by atoms with van der Waals surface area (Å²) in [7, 11) is 0. The molecule has 1 aromatic rings. The van der Waals surface area contributed by atoms with Gasteiger partial charge < -0.3 is 14.4 Å². The zero-order valence-corrected chi connectivity index (χ0v) is 13.6. The van der Waals surface area contributed by atoms with Gasteiger partial charge in [0.15, 0.2) is 6.61 Å². The Kier molecular flexibility index (Phi) is 8.22. The first-order valence-corrected chi connectivity index (χ1v) is 7.67. The number of benzene rings is 1. The number of amides is 1. The molecule has 0 aromatic heterocycles. The van der Waals surface area contributed by atoms with Gasteiger partial charge in [-0.25, -0.2) is 4.79 Å². The molecule has 0 bridgehead atoms. The zero-order chi connectivity index (χ0) is 16.4. The molecule has 0 saturated carbocycles. The maximum atomic E-state index is 11.8. The van der Waals surface area contributed by atoms with Gasteiger partial charge in [-0.15, -0.1) is 0 Å². The third-order valence-electron chi connectivity index (χ3n) is 2.98. The van der Waals surface area contributed by atoms with E-state index in [1.54, 1.807) is 17.0 Å². The number of carbonyl (C=O) groups is 2. The molecule has 1 amide bonds. The molecule has 122 valence electrons. The van der Waals surface area contributed by atoms with Crippen LogP contribution in [0, 0.1) is 6.92 Å². The third kappa shape index (κ3) is 6.26. The maximum absolute atomic E-state index is 11.8. The third-order valence-corrected chi connectivity index (χ3v) is 2.98. The lowest BCUT2D eigenvalue weighted by Crippen LogP contribution is -2.42. The Morgan fingerprint density at radius 2 is 1.68 bits per heavy atom. The summed E-state index contributed by atoms with van der Waals surface area (Å²) in [6.07, 6.45) is 1.25. The van der Waals surface area contributed by atoms with Crippen LogP contribution in [-0.4, -0.2) is 49.7 Å². The first kappa shape index (κ1) is 18.2. The summed E-state index contributed by atoms with van der Waals surface area (Å²) in [4.78, 5) is 25.2. The highest BCUT2D eigenvalue weighted by Crippen LogP contribution is 2.05. The molecule has 5 heteroatoms. The van der Waals surface area contributed by atoms with Crippen LogP contribution in [0.4, 0.5) is 0 Å². The van der Waals surface area contributed by atoms with Gasteiger partial charge >= 0.3 is 5.97 Å². The van der Waals surface area contributed by atoms with Gasteiger partial charge in [-0.1, -0.05) is 38.0 Å². The second-order valence-electron chi connectivity index (χ2n) is 5.14. The molecular weight excluding hydrogens is 282 g/mol. The van der Waals surface area contributed by atoms with Crippen molar-refractivity contribution < 1.29 is 19.1 Å². The first-order valence-electron chi connectivity index (χ1n) is 7.67. The van der Waals surface area contributed by atoms with Crippen LogP contribution >= 0.6 is 0 Å². The maximum Gasteiger partial charge on any atom is 0.338 e. The standard InChI is InChI=1S/C14H17NO4.C3H8/c1-11-2-4-12(5-3-11)14(17)19-10-13(16)15-6-8-18-9-7-15;1-3-2/h2-5H,6-10H2,1H3;3H2,1-2H3. The number of ether oxygens (including phenoxy) is 2. The quantitative estimate of drug-likeness (QED) is 0.805. The van der Waals surface area contributed by atoms with E-state index in [-0.39, 0.29) is 12.5 Å². The predicted octanol–water partition coefficient (Wildman–Crippen LogP) is 2.43. The van der Waals surface area contributed by atoms with E-state index in [9.17, 15) is 9.59 Å². The fourth-order valence-corrected chi connectivity index (χ4v) is 1.80. The molecule has 0 aliphatic carbocycles. The zero-order valence-electron chi connectivity index (χ0n) is 13.6. The second-order valence-corrected chi connectivity index (χ2v) is 5.14. The van der Waals surface area contributed by atoms with Crippen LogP contribution in [0.15, 0.2) is 24.3 Å². The van der Waals surface area contributed by atoms with Gasteiger partial charge in [-0.3, -0.25) is 4.79 Å². The highest BCUT2D eigenvalue weighted by molar-refractivity contribution is 5.91. The van der Waals surface area contributed by atoms with Gasteiger partial charge in [0.1, 0.15) is 0 Å². The molecule has 1 fully saturated rings. The molecule has 1 aliphatic rings. The van der Waals surface area contributed by atoms with Crippen molar-refractivity contribution in [2.45, 2.75) is 27.2 Å². The molecule has 22 heavy (non-hydrogen) atoms. The molecule has 0 unspecified atom stereocenters. The largest absolute Gasteiger partial charge is 0.452 e.